The predicted molar refractivity (Wildman–Crippen MR) is 158 cm³/mol. The number of hydrogen-bond acceptors (Lipinski definition) is 9. The molecule has 0 bridgehead atoms. The van der Waals surface area contributed by atoms with Crippen LogP contribution in [0.2, 0.25) is 0 Å². The van der Waals surface area contributed by atoms with Crippen molar-refractivity contribution in [3.05, 3.63) is 62.3 Å². The molecule has 0 fully saturated rings. The number of hydrogen-bond donors (Lipinski definition) is 3. The number of carbonyl (C=O) groups is 2. The number of thiocarbonyl (C=S) groups is 1. The summed E-state index contributed by atoms with van der Waals surface area (Å²) in [5.74, 6) is -0.767. The first kappa shape index (κ1) is 31.8. The van der Waals surface area contributed by atoms with Gasteiger partial charge in [-0.15, -0.1) is 0 Å². The number of ether oxygens (including phenoxy) is 2. The summed E-state index contributed by atoms with van der Waals surface area (Å²) in [6, 6.07) is 4.22. The number of carbonyl (C=O) groups excluding carboxylic acids is 1. The lowest BCUT2D eigenvalue weighted by atomic mass is 9.84. The van der Waals surface area contributed by atoms with Crippen molar-refractivity contribution in [2.75, 3.05) is 6.61 Å². The molecule has 1 aliphatic carbocycles. The topological polar surface area (TPSA) is 144 Å². The maximum Gasteiger partial charge on any atom is 0.513 e. The largest absolute Gasteiger partial charge is 0.513 e. The van der Waals surface area contributed by atoms with Crippen molar-refractivity contribution in [1.29, 1.82) is 0 Å². The van der Waals surface area contributed by atoms with Crippen molar-refractivity contribution < 1.29 is 38.8 Å². The summed E-state index contributed by atoms with van der Waals surface area (Å²) in [6.07, 6.45) is 7.01. The van der Waals surface area contributed by atoms with Crippen LogP contribution in [-0.2, 0) is 6.42 Å². The van der Waals surface area contributed by atoms with E-state index in [2.05, 4.69) is 4.74 Å². The molecule has 0 unspecified atom stereocenters. The number of carboxylic acid groups (broad SMARTS) is 1. The lowest BCUT2D eigenvalue weighted by molar-refractivity contribution is 0.101. The molecule has 0 saturated carbocycles. The average molecular weight is 585 g/mol. The van der Waals surface area contributed by atoms with Gasteiger partial charge in [0.25, 0.3) is 5.95 Å². The van der Waals surface area contributed by atoms with Crippen LogP contribution in [0, 0.1) is 5.92 Å². The van der Waals surface area contributed by atoms with Gasteiger partial charge in [-0.25, -0.2) is 4.79 Å². The molecule has 2 aromatic rings. The molecule has 10 heteroatoms. The summed E-state index contributed by atoms with van der Waals surface area (Å²) in [5, 5.41) is 30.9. The Hall–Kier alpha value is -3.76. The third-order valence-electron chi connectivity index (χ3n) is 6.79. The number of aliphatic hydroxyl groups is 1. The zero-order chi connectivity index (χ0) is 30.1. The fourth-order valence-corrected chi connectivity index (χ4v) is 5.14. The van der Waals surface area contributed by atoms with Crippen LogP contribution >= 0.6 is 12.2 Å². The van der Waals surface area contributed by atoms with E-state index in [1.165, 1.54) is 13.0 Å². The highest BCUT2D eigenvalue weighted by atomic mass is 32.1. The van der Waals surface area contributed by atoms with Gasteiger partial charge in [0.15, 0.2) is 11.2 Å². The van der Waals surface area contributed by atoms with E-state index in [0.717, 1.165) is 25.3 Å². The molecule has 1 heterocycles. The van der Waals surface area contributed by atoms with Gasteiger partial charge < -0.3 is 29.2 Å². The number of fused-ring (bicyclic) bond motifs is 1. The summed E-state index contributed by atoms with van der Waals surface area (Å²) < 4.78 is 16.0. The van der Waals surface area contributed by atoms with Crippen molar-refractivity contribution in [2.45, 2.75) is 71.8 Å². The summed E-state index contributed by atoms with van der Waals surface area (Å²) in [4.78, 5) is 36.3. The van der Waals surface area contributed by atoms with E-state index in [0.29, 0.717) is 41.0 Å². The molecule has 1 aromatic carbocycles. The third-order valence-corrected chi connectivity index (χ3v) is 7.06. The molecule has 0 radical (unpaired) electrons. The second kappa shape index (κ2) is 14.7. The molecule has 220 valence electrons. The number of ketones is 1. The fourth-order valence-electron chi connectivity index (χ4n) is 4.88. The third kappa shape index (κ3) is 8.14. The highest BCUT2D eigenvalue weighted by Crippen LogP contribution is 2.33. The van der Waals surface area contributed by atoms with Crippen molar-refractivity contribution in [3.63, 3.8) is 0 Å². The van der Waals surface area contributed by atoms with E-state index in [-0.39, 0.29) is 40.8 Å². The minimum atomic E-state index is -1.61. The van der Waals surface area contributed by atoms with Gasteiger partial charge in [-0.1, -0.05) is 57.5 Å². The number of aromatic hydroxyl groups is 1. The zero-order valence-electron chi connectivity index (χ0n) is 23.5. The van der Waals surface area contributed by atoms with E-state index in [4.69, 9.17) is 26.5 Å². The van der Waals surface area contributed by atoms with Crippen LogP contribution in [0.25, 0.3) is 11.6 Å². The monoisotopic (exact) mass is 584 g/mol. The van der Waals surface area contributed by atoms with E-state index < -0.39 is 29.6 Å². The zero-order valence-corrected chi connectivity index (χ0v) is 24.3. The molecule has 0 amide bonds. The summed E-state index contributed by atoms with van der Waals surface area (Å²) >= 11 is 5.44. The van der Waals surface area contributed by atoms with Crippen LogP contribution in [0.5, 0.6) is 17.4 Å². The second-order valence-corrected chi connectivity index (χ2v) is 10.4. The molecule has 0 aliphatic heterocycles. The number of phenolic OH excluding ortho intramolecular Hbond substituents is 1. The van der Waals surface area contributed by atoms with Gasteiger partial charge in [-0.3, -0.25) is 9.59 Å². The van der Waals surface area contributed by atoms with E-state index in [9.17, 15) is 24.6 Å². The van der Waals surface area contributed by atoms with Gasteiger partial charge in [0.05, 0.1) is 29.6 Å². The number of unbranched alkanes of at least 4 members (excludes halogenated alkanes) is 1. The minimum absolute atomic E-state index is 0.0533. The Morgan fingerprint density at radius 2 is 1.98 bits per heavy atom. The lowest BCUT2D eigenvalue weighted by Gasteiger charge is -2.24. The number of rotatable bonds is 14. The van der Waals surface area contributed by atoms with Gasteiger partial charge >= 0.3 is 6.16 Å². The van der Waals surface area contributed by atoms with E-state index in [1.54, 1.807) is 12.1 Å². The van der Waals surface area contributed by atoms with Gasteiger partial charge in [-0.05, 0) is 50.0 Å². The van der Waals surface area contributed by atoms with Crippen LogP contribution in [0.3, 0.4) is 0 Å². The van der Waals surface area contributed by atoms with Crippen molar-refractivity contribution in [2.24, 2.45) is 5.92 Å². The Labute approximate surface area is 243 Å². The highest BCUT2D eigenvalue weighted by Gasteiger charge is 2.26. The first-order valence-electron chi connectivity index (χ1n) is 13.7. The Morgan fingerprint density at radius 1 is 1.22 bits per heavy atom. The molecule has 0 spiro atoms. The molecule has 1 aliphatic rings. The molecule has 9 nitrogen and oxygen atoms in total. The van der Waals surface area contributed by atoms with Gasteiger partial charge in [0, 0.05) is 22.8 Å². The van der Waals surface area contributed by atoms with Crippen molar-refractivity contribution in [1.82, 2.24) is 0 Å². The van der Waals surface area contributed by atoms with E-state index >= 15 is 0 Å². The molecular weight excluding hydrogens is 548 g/mol. The van der Waals surface area contributed by atoms with Crippen LogP contribution in [0.1, 0.15) is 75.2 Å². The molecule has 3 N–H and O–H groups in total. The van der Waals surface area contributed by atoms with Gasteiger partial charge in [-0.2, -0.15) is 0 Å². The second-order valence-electron chi connectivity index (χ2n) is 9.89. The highest BCUT2D eigenvalue weighted by molar-refractivity contribution is 7.81. The van der Waals surface area contributed by atoms with E-state index in [1.807, 2.05) is 26.0 Å². The summed E-state index contributed by atoms with van der Waals surface area (Å²) in [5.41, 5.74) is 1.06. The van der Waals surface area contributed by atoms with Gasteiger partial charge in [0.1, 0.15) is 16.9 Å². The van der Waals surface area contributed by atoms with Gasteiger partial charge in [0.2, 0.25) is 0 Å². The van der Waals surface area contributed by atoms with Crippen LogP contribution in [0.4, 0.5) is 4.79 Å². The van der Waals surface area contributed by atoms with Crippen LogP contribution in [-0.4, -0.2) is 44.8 Å². The molecule has 3 rings (SSSR count). The molecular formula is C31H36O9S. The van der Waals surface area contributed by atoms with Crippen LogP contribution < -0.4 is 25.5 Å². The quantitative estimate of drug-likeness (QED) is 0.0958. The molecule has 41 heavy (non-hydrogen) atoms. The van der Waals surface area contributed by atoms with Crippen LogP contribution in [0.15, 0.2) is 39.6 Å². The summed E-state index contributed by atoms with van der Waals surface area (Å²) in [6.45, 7) is 5.68. The Bertz CT molecular complexity index is 1500. The minimum Gasteiger partial charge on any atom is -0.507 e. The van der Waals surface area contributed by atoms with Crippen molar-refractivity contribution in [3.8, 4) is 17.4 Å². The maximum absolute atomic E-state index is 13.1. The normalized spacial score (nSPS) is 14.3. The molecule has 2 atom stereocenters. The smallest absolute Gasteiger partial charge is 0.507 e. The average Bonchev–Trinajstić information content (AvgIpc) is 2.89. The number of aliphatic hydroxyl groups excluding tert-OH is 1. The molecule has 0 saturated heterocycles. The first-order valence-corrected chi connectivity index (χ1v) is 14.1. The maximum atomic E-state index is 13.1. The SMILES string of the molecule is CCCC[C@@H](O)[C@@H](/C=C\CCOc1ccc(C(C)=O)c(O)c1CCC)C1=c2c(=O)cc(OC(=O)O)oc2=CC(=S)C1. The first-order chi connectivity index (χ1) is 19.6. The number of benzene rings is 1. The fraction of sp³-hybridized carbons (Fsp3) is 0.419. The Kier molecular flexibility index (Phi) is 11.4. The number of phenols is 1. The summed E-state index contributed by atoms with van der Waals surface area (Å²) in [7, 11) is 0. The predicted octanol–water partition coefficient (Wildman–Crippen LogP) is 4.45. The Balaban J connectivity index is 1.90. The standard InChI is InChI=1S/C31H36O9S/c1-4-6-11-24(33)21(23-15-19(41)16-27-29(23)25(34)17-28(39-27)40-31(36)37)10-7-8-14-38-26-13-12-20(18(3)32)30(35)22(26)9-5-2/h7,10,12-13,16-17,21,24,33,35H,4-6,8-9,11,14-15H2,1-3H3,(H,36,37)/b10-7-/t21-,24+/m0/s1. The molecule has 1 aromatic heterocycles. The number of Topliss-reactive ketones (excluding diaryl/α,β-unsaturated/α-hetero) is 1. The van der Waals surface area contributed by atoms with Crippen molar-refractivity contribution >= 4 is 40.7 Å². The Morgan fingerprint density at radius 3 is 2.63 bits per heavy atom. The lowest BCUT2D eigenvalue weighted by Crippen LogP contribution is -2.45.